The number of aliphatic hydroxyl groups excluding tert-OH is 4. The maximum atomic E-state index is 12.4. The summed E-state index contributed by atoms with van der Waals surface area (Å²) in [5.41, 5.74) is 0.876. The number of ether oxygens (including phenoxy) is 3. The van der Waals surface area contributed by atoms with Crippen LogP contribution in [0.1, 0.15) is 12.5 Å². The molecule has 14 heteroatoms. The Bertz CT molecular complexity index is 938. The van der Waals surface area contributed by atoms with Crippen LogP contribution in [0.2, 0.25) is 0 Å². The van der Waals surface area contributed by atoms with Crippen LogP contribution in [0.4, 0.5) is 4.79 Å². The van der Waals surface area contributed by atoms with E-state index in [1.165, 1.54) is 26.1 Å². The highest BCUT2D eigenvalue weighted by atomic mass is 32.2. The van der Waals surface area contributed by atoms with Gasteiger partial charge < -0.3 is 39.5 Å². The van der Waals surface area contributed by atoms with Crippen LogP contribution in [0.3, 0.4) is 0 Å². The third kappa shape index (κ3) is 7.09. The first-order valence-electron chi connectivity index (χ1n) is 10.3. The van der Waals surface area contributed by atoms with Crippen LogP contribution in [0.5, 0.6) is 0 Å². The van der Waals surface area contributed by atoms with Gasteiger partial charge in [0.15, 0.2) is 0 Å². The summed E-state index contributed by atoms with van der Waals surface area (Å²) in [5, 5.41) is 38.6. The van der Waals surface area contributed by atoms with Gasteiger partial charge in [-0.2, -0.15) is 4.72 Å². The van der Waals surface area contributed by atoms with E-state index >= 15 is 0 Å². The van der Waals surface area contributed by atoms with Gasteiger partial charge in [-0.15, -0.1) is 0 Å². The minimum Gasteiger partial charge on any atom is -0.463 e. The van der Waals surface area contributed by atoms with Gasteiger partial charge in [0.05, 0.1) is 18.0 Å². The Labute approximate surface area is 196 Å². The van der Waals surface area contributed by atoms with E-state index in [4.69, 9.17) is 19.3 Å². The van der Waals surface area contributed by atoms with Crippen molar-refractivity contribution >= 4 is 22.1 Å². The number of rotatable bonds is 9. The number of aliphatic hydroxyl groups is 4. The number of sulfonamides is 1. The third-order valence-corrected chi connectivity index (χ3v) is 6.62. The molecule has 6 atom stereocenters. The molecular formula is C20H30N2O11S. The molecule has 1 aliphatic heterocycles. The Morgan fingerprint density at radius 1 is 1.15 bits per heavy atom. The van der Waals surface area contributed by atoms with E-state index in [0.29, 0.717) is 0 Å². The van der Waals surface area contributed by atoms with E-state index in [-0.39, 0.29) is 18.0 Å². The number of carbonyl (C=O) groups excluding carboxylic acids is 2. The van der Waals surface area contributed by atoms with Gasteiger partial charge in [0, 0.05) is 7.05 Å². The Morgan fingerprint density at radius 2 is 1.76 bits per heavy atom. The summed E-state index contributed by atoms with van der Waals surface area (Å²) in [6.07, 6.45) is -8.96. The summed E-state index contributed by atoms with van der Waals surface area (Å²) in [6, 6.07) is 4.86. The minimum absolute atomic E-state index is 0.00609. The minimum atomic E-state index is -3.94. The molecule has 0 unspecified atom stereocenters. The lowest BCUT2D eigenvalue weighted by molar-refractivity contribution is -0.286. The second kappa shape index (κ2) is 11.9. The number of likely N-dealkylation sites (N-methyl/N-ethyl adjacent to an activating group) is 1. The van der Waals surface area contributed by atoms with E-state index in [9.17, 15) is 33.3 Å². The van der Waals surface area contributed by atoms with Gasteiger partial charge in [-0.05, 0) is 26.0 Å². The summed E-state index contributed by atoms with van der Waals surface area (Å²) >= 11 is 0. The quantitative estimate of drug-likeness (QED) is 0.234. The molecule has 192 valence electrons. The first-order valence-corrected chi connectivity index (χ1v) is 11.8. The summed E-state index contributed by atoms with van der Waals surface area (Å²) in [4.78, 5) is 25.3. The van der Waals surface area contributed by atoms with Crippen molar-refractivity contribution < 1.29 is 52.6 Å². The van der Waals surface area contributed by atoms with Gasteiger partial charge in [-0.25, -0.2) is 13.2 Å². The molecule has 1 aromatic rings. The second-order valence-corrected chi connectivity index (χ2v) is 9.54. The van der Waals surface area contributed by atoms with Gasteiger partial charge in [-0.3, -0.25) is 4.79 Å². The molecule has 1 heterocycles. The first kappa shape index (κ1) is 27.9. The monoisotopic (exact) mass is 506 g/mol. The highest BCUT2D eigenvalue weighted by molar-refractivity contribution is 7.89. The molecule has 0 aliphatic carbocycles. The number of nitrogens with zero attached hydrogens (tertiary/aromatic N) is 1. The van der Waals surface area contributed by atoms with Crippen LogP contribution in [0.15, 0.2) is 29.2 Å². The average molecular weight is 507 g/mol. The fourth-order valence-corrected chi connectivity index (χ4v) is 4.11. The Morgan fingerprint density at radius 3 is 2.35 bits per heavy atom. The topological polar surface area (TPSA) is 192 Å². The zero-order chi connectivity index (χ0) is 25.6. The largest absolute Gasteiger partial charge is 0.463 e. The van der Waals surface area contributed by atoms with E-state index in [1.54, 1.807) is 19.1 Å². The van der Waals surface area contributed by atoms with Crippen molar-refractivity contribution in [3.63, 3.8) is 0 Å². The van der Waals surface area contributed by atoms with E-state index in [2.05, 4.69) is 4.72 Å². The summed E-state index contributed by atoms with van der Waals surface area (Å²) in [6.45, 7) is 1.98. The van der Waals surface area contributed by atoms with E-state index in [1.807, 2.05) is 0 Å². The molecular weight excluding hydrogens is 476 g/mol. The molecule has 1 aliphatic rings. The molecule has 0 bridgehead atoms. The molecule has 1 amide bonds. The summed E-state index contributed by atoms with van der Waals surface area (Å²) in [7, 11) is -2.65. The van der Waals surface area contributed by atoms with Crippen LogP contribution < -0.4 is 4.72 Å². The number of aryl methyl sites for hydroxylation is 1. The number of amides is 1. The lowest BCUT2D eigenvalue weighted by atomic mass is 9.99. The van der Waals surface area contributed by atoms with Gasteiger partial charge in [0.2, 0.25) is 16.3 Å². The number of nitrogens with one attached hydrogen (secondary N) is 1. The number of hydrogen-bond acceptors (Lipinski definition) is 11. The van der Waals surface area contributed by atoms with Crippen LogP contribution in [-0.2, 0) is 29.0 Å². The average Bonchev–Trinajstić information content (AvgIpc) is 2.79. The van der Waals surface area contributed by atoms with Gasteiger partial charge in [0.25, 0.3) is 0 Å². The van der Waals surface area contributed by atoms with Crippen molar-refractivity contribution in [2.75, 3.05) is 26.8 Å². The molecule has 34 heavy (non-hydrogen) atoms. The molecule has 5 N–H and O–H groups in total. The maximum Gasteiger partial charge on any atom is 0.412 e. The summed E-state index contributed by atoms with van der Waals surface area (Å²) < 4.78 is 42.0. The lowest BCUT2D eigenvalue weighted by Crippen LogP contribution is -2.59. The van der Waals surface area contributed by atoms with Crippen LogP contribution in [0, 0.1) is 6.92 Å². The van der Waals surface area contributed by atoms with Crippen molar-refractivity contribution in [1.82, 2.24) is 9.62 Å². The number of hydrogen-bond donors (Lipinski definition) is 5. The zero-order valence-electron chi connectivity index (χ0n) is 18.9. The smallest absolute Gasteiger partial charge is 0.412 e. The molecule has 13 nitrogen and oxygen atoms in total. The first-order chi connectivity index (χ1) is 15.9. The molecule has 0 saturated carbocycles. The predicted octanol–water partition coefficient (Wildman–Crippen LogP) is -1.93. The third-order valence-electron chi connectivity index (χ3n) is 5.06. The zero-order valence-corrected chi connectivity index (χ0v) is 19.7. The van der Waals surface area contributed by atoms with Crippen molar-refractivity contribution in [1.29, 1.82) is 0 Å². The SMILES string of the molecule is Cc1ccc(S(=O)(=O)N[C@@H](C)C(=O)OCCN(C)C(=O)O[C@H]2O[C@H](CO)[C@@H](O)[C@H](O)[C@H]2O)cc1. The molecule has 1 saturated heterocycles. The fraction of sp³-hybridized carbons (Fsp3) is 0.600. The van der Waals surface area contributed by atoms with Crippen molar-refractivity contribution in [2.45, 2.75) is 55.5 Å². The number of carbonyl (C=O) groups is 2. The molecule has 0 aromatic heterocycles. The Hall–Kier alpha value is -2.33. The van der Waals surface area contributed by atoms with E-state index < -0.39 is 65.4 Å². The molecule has 1 fully saturated rings. The van der Waals surface area contributed by atoms with Crippen molar-refractivity contribution in [3.8, 4) is 0 Å². The standard InChI is InChI=1S/C20H30N2O11S/c1-11-4-6-13(7-5-11)34(29,30)21-12(2)18(27)31-9-8-22(3)20(28)33-19-17(26)16(25)15(24)14(10-23)32-19/h4-7,12,14-17,19,21,23-26H,8-10H2,1-3H3/t12-,14+,15+,16-,17+,19+/m0/s1. The Kier molecular flexibility index (Phi) is 9.75. The van der Waals surface area contributed by atoms with Gasteiger partial charge in [0.1, 0.15) is 37.1 Å². The van der Waals surface area contributed by atoms with Crippen LogP contribution in [-0.4, -0.2) is 109 Å². The van der Waals surface area contributed by atoms with Gasteiger partial charge >= 0.3 is 12.1 Å². The predicted molar refractivity (Wildman–Crippen MR) is 115 cm³/mol. The maximum absolute atomic E-state index is 12.4. The molecule has 0 radical (unpaired) electrons. The second-order valence-electron chi connectivity index (χ2n) is 7.83. The highest BCUT2D eigenvalue weighted by Crippen LogP contribution is 2.22. The van der Waals surface area contributed by atoms with Crippen molar-refractivity contribution in [3.05, 3.63) is 29.8 Å². The number of benzene rings is 1. The van der Waals surface area contributed by atoms with Crippen LogP contribution in [0.25, 0.3) is 0 Å². The number of esters is 1. The molecule has 2 rings (SSSR count). The van der Waals surface area contributed by atoms with E-state index in [0.717, 1.165) is 10.5 Å². The van der Waals surface area contributed by atoms with Crippen LogP contribution >= 0.6 is 0 Å². The lowest BCUT2D eigenvalue weighted by Gasteiger charge is -2.39. The Balaban J connectivity index is 1.81. The van der Waals surface area contributed by atoms with Crippen molar-refractivity contribution in [2.24, 2.45) is 0 Å². The highest BCUT2D eigenvalue weighted by Gasteiger charge is 2.45. The van der Waals surface area contributed by atoms with Gasteiger partial charge in [-0.1, -0.05) is 17.7 Å². The fourth-order valence-electron chi connectivity index (χ4n) is 2.92. The summed E-state index contributed by atoms with van der Waals surface area (Å²) in [5.74, 6) is -0.869. The molecule has 1 aromatic carbocycles. The normalized spacial score (nSPS) is 25.9. The molecule has 0 spiro atoms.